The van der Waals surface area contributed by atoms with Gasteiger partial charge in [-0.1, -0.05) is 109 Å². The van der Waals surface area contributed by atoms with Crippen LogP contribution in [0.4, 0.5) is 0 Å². The number of rotatable bonds is 3. The number of hydrogen-bond acceptors (Lipinski definition) is 2. The minimum atomic E-state index is 0.671. The van der Waals surface area contributed by atoms with E-state index in [1.165, 1.54) is 43.7 Å². The fourth-order valence-electron chi connectivity index (χ4n) is 6.67. The molecule has 0 unspecified atom stereocenters. The summed E-state index contributed by atoms with van der Waals surface area (Å²) in [5, 5.41) is 5.95. The Kier molecular flexibility index (Phi) is 5.08. The highest BCUT2D eigenvalue weighted by molar-refractivity contribution is 6.18. The van der Waals surface area contributed by atoms with Crippen molar-refractivity contribution >= 4 is 54.5 Å². The molecule has 4 nitrogen and oxygen atoms in total. The van der Waals surface area contributed by atoms with E-state index in [0.29, 0.717) is 5.95 Å². The molecule has 4 heteroatoms. The Morgan fingerprint density at radius 2 is 1.00 bits per heavy atom. The fraction of sp³-hybridized carbons (Fsp3) is 0.0256. The first kappa shape index (κ1) is 23.9. The first-order valence-corrected chi connectivity index (χ1v) is 14.6. The van der Waals surface area contributed by atoms with Crippen LogP contribution in [0.25, 0.3) is 82.8 Å². The van der Waals surface area contributed by atoms with E-state index < -0.39 is 0 Å². The van der Waals surface area contributed by atoms with Gasteiger partial charge >= 0.3 is 0 Å². The van der Waals surface area contributed by atoms with E-state index in [1.807, 2.05) is 12.1 Å². The number of aromatic nitrogens is 4. The van der Waals surface area contributed by atoms with Crippen molar-refractivity contribution in [1.82, 2.24) is 19.1 Å². The molecule has 9 rings (SSSR count). The molecule has 0 bridgehead atoms. The Balaban J connectivity index is 1.32. The minimum absolute atomic E-state index is 0.671. The molecule has 0 fully saturated rings. The van der Waals surface area contributed by atoms with Crippen LogP contribution < -0.4 is 0 Å². The monoisotopic (exact) mass is 550 g/mol. The van der Waals surface area contributed by atoms with Crippen molar-refractivity contribution in [3.8, 4) is 28.3 Å². The average molecular weight is 551 g/mol. The summed E-state index contributed by atoms with van der Waals surface area (Å²) >= 11 is 0. The maximum atomic E-state index is 5.31. The van der Waals surface area contributed by atoms with Gasteiger partial charge in [-0.2, -0.15) is 0 Å². The number of hydrogen-bond donors (Lipinski definition) is 0. The maximum Gasteiger partial charge on any atom is 0.235 e. The van der Waals surface area contributed by atoms with Crippen LogP contribution in [-0.4, -0.2) is 19.1 Å². The molecule has 0 aliphatic rings. The summed E-state index contributed by atoms with van der Waals surface area (Å²) in [6.45, 7) is 0. The lowest BCUT2D eigenvalue weighted by molar-refractivity contribution is 1.00. The molecule has 0 radical (unpaired) electrons. The van der Waals surface area contributed by atoms with Gasteiger partial charge in [-0.15, -0.1) is 0 Å². The summed E-state index contributed by atoms with van der Waals surface area (Å²) in [4.78, 5) is 10.5. The van der Waals surface area contributed by atoms with Crippen LogP contribution in [-0.2, 0) is 7.05 Å². The Hall–Kier alpha value is -5.74. The Labute approximate surface area is 248 Å². The van der Waals surface area contributed by atoms with Crippen molar-refractivity contribution in [3.05, 3.63) is 140 Å². The van der Waals surface area contributed by atoms with Crippen LogP contribution in [0, 0.1) is 0 Å². The second-order valence-corrected chi connectivity index (χ2v) is 11.1. The molecule has 0 spiro atoms. The SMILES string of the molecule is Cn1c2ccccc2c2cc3c4ccccc4n(-c4nc(-c5ccc(-c6ccccc6)cc5)c5ccccc5n4)c3cc21. The first-order chi connectivity index (χ1) is 21.2. The molecule has 3 heterocycles. The highest BCUT2D eigenvalue weighted by Crippen LogP contribution is 2.38. The summed E-state index contributed by atoms with van der Waals surface area (Å²) in [5.41, 5.74) is 9.91. The van der Waals surface area contributed by atoms with Crippen molar-refractivity contribution in [2.75, 3.05) is 0 Å². The number of nitrogens with zero attached hydrogens (tertiary/aromatic N) is 4. The summed E-state index contributed by atoms with van der Waals surface area (Å²) in [6, 6.07) is 49.3. The molecule has 0 aliphatic carbocycles. The smallest absolute Gasteiger partial charge is 0.235 e. The van der Waals surface area contributed by atoms with Gasteiger partial charge in [-0.25, -0.2) is 9.97 Å². The Morgan fingerprint density at radius 1 is 0.419 bits per heavy atom. The van der Waals surface area contributed by atoms with Gasteiger partial charge < -0.3 is 4.57 Å². The third-order valence-corrected chi connectivity index (χ3v) is 8.76. The van der Waals surface area contributed by atoms with E-state index >= 15 is 0 Å². The van der Waals surface area contributed by atoms with Crippen molar-refractivity contribution in [2.45, 2.75) is 0 Å². The van der Waals surface area contributed by atoms with E-state index in [1.54, 1.807) is 0 Å². The number of benzene rings is 6. The highest BCUT2D eigenvalue weighted by atomic mass is 15.2. The second kappa shape index (κ2) is 9.13. The molecule has 0 aliphatic heterocycles. The molecular formula is C39H26N4. The van der Waals surface area contributed by atoms with Gasteiger partial charge in [0.2, 0.25) is 5.95 Å². The van der Waals surface area contributed by atoms with Crippen molar-refractivity contribution in [1.29, 1.82) is 0 Å². The van der Waals surface area contributed by atoms with E-state index in [2.05, 4.69) is 144 Å². The van der Waals surface area contributed by atoms with E-state index in [9.17, 15) is 0 Å². The van der Waals surface area contributed by atoms with Crippen LogP contribution in [0.15, 0.2) is 140 Å². The molecule has 0 saturated heterocycles. The van der Waals surface area contributed by atoms with Crippen LogP contribution in [0.2, 0.25) is 0 Å². The standard InChI is InChI=1S/C39H26N4/c1-42-34-17-9-6-13-28(34)31-23-32-29-14-7-10-18-35(29)43(37(32)24-36(31)42)39-40-33-16-8-5-15-30(33)38(41-39)27-21-19-26(20-22-27)25-11-3-2-4-12-25/h2-24H,1H3. The molecule has 0 atom stereocenters. The maximum absolute atomic E-state index is 5.31. The fourth-order valence-corrected chi connectivity index (χ4v) is 6.67. The van der Waals surface area contributed by atoms with Crippen molar-refractivity contribution < 1.29 is 0 Å². The van der Waals surface area contributed by atoms with Crippen LogP contribution in [0.5, 0.6) is 0 Å². The summed E-state index contributed by atoms with van der Waals surface area (Å²) < 4.78 is 4.52. The predicted molar refractivity (Wildman–Crippen MR) is 179 cm³/mol. The number of fused-ring (bicyclic) bond motifs is 7. The number of aryl methyl sites for hydroxylation is 1. The summed E-state index contributed by atoms with van der Waals surface area (Å²) in [6.07, 6.45) is 0. The van der Waals surface area contributed by atoms with Gasteiger partial charge in [0.1, 0.15) is 0 Å². The Bertz CT molecular complexity index is 2500. The lowest BCUT2D eigenvalue weighted by Gasteiger charge is -2.12. The summed E-state index contributed by atoms with van der Waals surface area (Å²) in [5.74, 6) is 0.671. The molecule has 6 aromatic carbocycles. The normalized spacial score (nSPS) is 11.8. The molecule has 3 aromatic heterocycles. The van der Waals surface area contributed by atoms with Crippen molar-refractivity contribution in [2.24, 2.45) is 7.05 Å². The molecule has 43 heavy (non-hydrogen) atoms. The zero-order valence-corrected chi connectivity index (χ0v) is 23.6. The van der Waals surface area contributed by atoms with Gasteiger partial charge in [0.15, 0.2) is 0 Å². The highest BCUT2D eigenvalue weighted by Gasteiger charge is 2.19. The third kappa shape index (κ3) is 3.57. The minimum Gasteiger partial charge on any atom is -0.344 e. The molecular weight excluding hydrogens is 524 g/mol. The average Bonchev–Trinajstić information content (AvgIpc) is 3.55. The molecule has 9 aromatic rings. The predicted octanol–water partition coefficient (Wildman–Crippen LogP) is 9.71. The number of para-hydroxylation sites is 3. The van der Waals surface area contributed by atoms with Gasteiger partial charge in [-0.3, -0.25) is 4.57 Å². The zero-order chi connectivity index (χ0) is 28.5. The van der Waals surface area contributed by atoms with Gasteiger partial charge in [0.05, 0.1) is 27.8 Å². The molecule has 202 valence electrons. The lowest BCUT2D eigenvalue weighted by atomic mass is 10.0. The largest absolute Gasteiger partial charge is 0.344 e. The van der Waals surface area contributed by atoms with E-state index in [-0.39, 0.29) is 0 Å². The van der Waals surface area contributed by atoms with Gasteiger partial charge in [0.25, 0.3) is 0 Å². The molecule has 0 saturated carbocycles. The van der Waals surface area contributed by atoms with Crippen molar-refractivity contribution in [3.63, 3.8) is 0 Å². The van der Waals surface area contributed by atoms with Crippen LogP contribution in [0.1, 0.15) is 0 Å². The summed E-state index contributed by atoms with van der Waals surface area (Å²) in [7, 11) is 2.15. The van der Waals surface area contributed by atoms with E-state index in [4.69, 9.17) is 9.97 Å². The zero-order valence-electron chi connectivity index (χ0n) is 23.6. The van der Waals surface area contributed by atoms with Crippen LogP contribution in [0.3, 0.4) is 0 Å². The van der Waals surface area contributed by atoms with E-state index in [0.717, 1.165) is 33.2 Å². The van der Waals surface area contributed by atoms with Gasteiger partial charge in [0, 0.05) is 45.1 Å². The second-order valence-electron chi connectivity index (χ2n) is 11.1. The molecule has 0 amide bonds. The van der Waals surface area contributed by atoms with Crippen LogP contribution >= 0.6 is 0 Å². The lowest BCUT2D eigenvalue weighted by Crippen LogP contribution is -2.03. The van der Waals surface area contributed by atoms with Gasteiger partial charge in [-0.05, 0) is 41.5 Å². The topological polar surface area (TPSA) is 35.6 Å². The third-order valence-electron chi connectivity index (χ3n) is 8.76. The Morgan fingerprint density at radius 3 is 1.79 bits per heavy atom. The molecule has 0 N–H and O–H groups in total. The quantitative estimate of drug-likeness (QED) is 0.219. The first-order valence-electron chi connectivity index (χ1n) is 14.6.